The first kappa shape index (κ1) is 55.2. The predicted molar refractivity (Wildman–Crippen MR) is 175 cm³/mol. The molecule has 16 nitrogen and oxygen atoms in total. The van der Waals surface area contributed by atoms with E-state index < -0.39 is 0 Å². The van der Waals surface area contributed by atoms with E-state index in [0.29, 0.717) is 57.9 Å². The van der Waals surface area contributed by atoms with Crippen LogP contribution in [-0.4, -0.2) is 95.6 Å². The Labute approximate surface area is 317 Å². The van der Waals surface area contributed by atoms with Gasteiger partial charge in [0, 0.05) is 49.5 Å². The van der Waals surface area contributed by atoms with Gasteiger partial charge >= 0.3 is 58.4 Å². The molecule has 4 aliphatic heterocycles. The van der Waals surface area contributed by atoms with Gasteiger partial charge in [0.05, 0.1) is 0 Å². The summed E-state index contributed by atoms with van der Waals surface area (Å²) in [6.07, 6.45) is 10.9. The number of rotatable bonds is 10. The first-order valence-corrected chi connectivity index (χ1v) is 14.6. The van der Waals surface area contributed by atoms with Crippen molar-refractivity contribution < 1.29 is 88.6 Å². The molecule has 3 unspecified atom stereocenters. The molecule has 14 N–H and O–H groups in total. The quantitative estimate of drug-likeness (QED) is 0.143. The Balaban J connectivity index is -0.000000218. The molecule has 4 heterocycles. The molecule has 0 aromatic rings. The third-order valence-electron chi connectivity index (χ3n) is 7.20. The van der Waals surface area contributed by atoms with Crippen molar-refractivity contribution in [2.24, 2.45) is 17.8 Å². The predicted octanol–water partition coefficient (Wildman–Crippen LogP) is 1.20. The number of amides is 4. The van der Waals surface area contributed by atoms with Gasteiger partial charge in [0.1, 0.15) is 0 Å². The number of nitrogens with two attached hydrogens (primary N) is 2. The number of carbonyl (C=O) groups is 4. The average molecular weight is 823 g/mol. The molecule has 0 saturated carbocycles. The van der Waals surface area contributed by atoms with E-state index in [-0.39, 0.29) is 123 Å². The Morgan fingerprint density at radius 1 is 0.617 bits per heavy atom. The summed E-state index contributed by atoms with van der Waals surface area (Å²) >= 11 is 0. The van der Waals surface area contributed by atoms with Crippen molar-refractivity contribution in [3.8, 4) is 0 Å². The number of nitrogens with zero attached hydrogens (tertiary/aromatic N) is 4. The van der Waals surface area contributed by atoms with E-state index in [1.165, 1.54) is 0 Å². The van der Waals surface area contributed by atoms with E-state index in [4.69, 9.17) is 0 Å². The summed E-state index contributed by atoms with van der Waals surface area (Å²) in [6.45, 7) is 7.00. The van der Waals surface area contributed by atoms with E-state index >= 15 is 0 Å². The van der Waals surface area contributed by atoms with E-state index in [2.05, 4.69) is 42.5 Å². The maximum Gasteiger partial charge on any atom is 2.00 e. The molecule has 4 amide bonds. The molecule has 0 aromatic carbocycles. The van der Waals surface area contributed by atoms with Crippen LogP contribution in [0.4, 0.5) is 0 Å². The maximum absolute atomic E-state index is 11.8. The van der Waals surface area contributed by atoms with Crippen LogP contribution in [0.25, 0.3) is 33.6 Å². The third-order valence-corrected chi connectivity index (χ3v) is 7.20. The minimum atomic E-state index is -0.161. The first-order chi connectivity index (χ1) is 19.5. The van der Waals surface area contributed by atoms with Crippen LogP contribution in [0.5, 0.6) is 0 Å². The van der Waals surface area contributed by atoms with Gasteiger partial charge in [0.15, 0.2) is 0 Å². The number of carbonyl (C=O) groups excluding carboxylic acids is 4. The zero-order valence-corrected chi connectivity index (χ0v) is 36.7. The second-order valence-corrected chi connectivity index (χ2v) is 10.4. The molecule has 47 heavy (non-hydrogen) atoms. The van der Waals surface area contributed by atoms with Gasteiger partial charge in [-0.1, -0.05) is 25.3 Å². The zero-order chi connectivity index (χ0) is 28.4. The monoisotopic (exact) mass is 818 g/mol. The minimum Gasteiger partial charge on any atom is -0.693 e. The van der Waals surface area contributed by atoms with Gasteiger partial charge in [0.2, 0.25) is 23.6 Å². The van der Waals surface area contributed by atoms with Crippen molar-refractivity contribution in [3.63, 3.8) is 0 Å². The summed E-state index contributed by atoms with van der Waals surface area (Å²) in [5, 5.41) is 28.1. The van der Waals surface area contributed by atoms with Gasteiger partial charge in [-0.2, -0.15) is 6.20 Å². The van der Waals surface area contributed by atoms with Crippen LogP contribution in [-0.2, 0) is 88.6 Å². The van der Waals surface area contributed by atoms with Crippen LogP contribution >= 0.6 is 0 Å². The van der Waals surface area contributed by atoms with Gasteiger partial charge in [-0.3, -0.25) is 19.2 Å². The van der Waals surface area contributed by atoms with Crippen molar-refractivity contribution in [2.45, 2.75) is 38.5 Å². The number of hydrogen-bond acceptors (Lipinski definition) is 4. The van der Waals surface area contributed by atoms with Gasteiger partial charge < -0.3 is 65.8 Å². The summed E-state index contributed by atoms with van der Waals surface area (Å²) < 4.78 is 0. The smallest absolute Gasteiger partial charge is 0.693 e. The molecule has 3 saturated heterocycles. The Morgan fingerprint density at radius 2 is 0.979 bits per heavy atom. The standard InChI is InChI=1S/C14H24N4O2.C14H21N4O2.2H2N.2H2O.3Zn/c2*19-13(11-3-1-5-15-9-11)17-7-8-18-14(20)12-4-2-6-16-10-12;;;;;;;/h11-12H,1-10H2,(H,17,19)(H,18,20);1,3,9,12H,2,4-8,10H2,(H3,15,17,18,19,20);4*1H2;;;/q-2;3*-1;;;3*+2/p+1. The molecule has 4 aliphatic rings. The SMILES string of the molecule is O=C(NCCNC(=O)C1CCC[N-]C1)C1=C[N-]CC=C1.O=C(NCCNC(=O)C1CCC[N-]C1)C1CCC[N-]C1.[NH2-].[NH2-].[OH3+].[OH3+].[Zn+2].[Zn+2].[Zn+2]. The second kappa shape index (κ2) is 33.3. The zero-order valence-electron chi connectivity index (χ0n) is 27.8. The van der Waals surface area contributed by atoms with Crippen LogP contribution in [0.1, 0.15) is 38.5 Å². The molecule has 3 fully saturated rings. The largest absolute Gasteiger partial charge is 2.00 e. The molecular formula is C28H54N10O6Zn3+2. The summed E-state index contributed by atoms with van der Waals surface area (Å²) in [6, 6.07) is 0. The van der Waals surface area contributed by atoms with Crippen LogP contribution in [0.2, 0.25) is 0 Å². The van der Waals surface area contributed by atoms with Crippen LogP contribution in [0, 0.1) is 17.8 Å². The minimum absolute atomic E-state index is 0. The molecule has 4 rings (SSSR count). The molecule has 0 bridgehead atoms. The van der Waals surface area contributed by atoms with Crippen molar-refractivity contribution in [1.82, 2.24) is 21.3 Å². The summed E-state index contributed by atoms with van der Waals surface area (Å²) in [7, 11) is 0. The summed E-state index contributed by atoms with van der Waals surface area (Å²) in [5.41, 5.74) is 0.550. The third kappa shape index (κ3) is 22.2. The molecule has 256 valence electrons. The van der Waals surface area contributed by atoms with Crippen LogP contribution < -0.4 is 21.3 Å². The Morgan fingerprint density at radius 3 is 1.28 bits per heavy atom. The summed E-state index contributed by atoms with van der Waals surface area (Å²) in [4.78, 5) is 47.2. The Bertz CT molecular complexity index is 870. The Kier molecular flexibility index (Phi) is 39.0. The number of nitrogens with one attached hydrogen (secondary N) is 4. The van der Waals surface area contributed by atoms with Crippen molar-refractivity contribution >= 4 is 23.6 Å². The van der Waals surface area contributed by atoms with Gasteiger partial charge in [0.25, 0.3) is 0 Å². The van der Waals surface area contributed by atoms with E-state index in [1.807, 2.05) is 6.08 Å². The van der Waals surface area contributed by atoms with Gasteiger partial charge in [-0.15, -0.1) is 51.9 Å². The first-order valence-electron chi connectivity index (χ1n) is 14.6. The van der Waals surface area contributed by atoms with Crippen molar-refractivity contribution in [2.75, 3.05) is 72.0 Å². The molecule has 19 heteroatoms. The second-order valence-electron chi connectivity index (χ2n) is 10.4. The van der Waals surface area contributed by atoms with E-state index in [1.54, 1.807) is 12.3 Å². The topological polar surface area (TPSA) is 306 Å². The summed E-state index contributed by atoms with van der Waals surface area (Å²) in [5.74, 6) is 0.0576. The fourth-order valence-electron chi connectivity index (χ4n) is 4.84. The van der Waals surface area contributed by atoms with E-state index in [0.717, 1.165) is 58.2 Å². The average Bonchev–Trinajstić information content (AvgIpc) is 3.03. The number of piperidine rings is 3. The Hall–Kier alpha value is -1.25. The molecular weight excluding hydrogens is 769 g/mol. The number of hydrogen-bond donors (Lipinski definition) is 4. The van der Waals surface area contributed by atoms with Crippen LogP contribution in [0.3, 0.4) is 0 Å². The molecule has 0 aliphatic carbocycles. The van der Waals surface area contributed by atoms with Crippen molar-refractivity contribution in [1.29, 1.82) is 0 Å². The molecule has 3 atom stereocenters. The normalized spacial score (nSPS) is 20.6. The molecule has 0 radical (unpaired) electrons. The van der Waals surface area contributed by atoms with Gasteiger partial charge in [-0.25, -0.2) is 0 Å². The maximum atomic E-state index is 11.8. The van der Waals surface area contributed by atoms with Crippen molar-refractivity contribution in [3.05, 3.63) is 57.5 Å². The van der Waals surface area contributed by atoms with Gasteiger partial charge in [-0.05, 0) is 19.3 Å². The van der Waals surface area contributed by atoms with E-state index in [9.17, 15) is 19.2 Å². The fourth-order valence-corrected chi connectivity index (χ4v) is 4.84. The fraction of sp³-hybridized carbons (Fsp3) is 0.714. The van der Waals surface area contributed by atoms with Crippen LogP contribution in [0.15, 0.2) is 23.9 Å². The molecule has 0 spiro atoms. The molecule has 0 aromatic heterocycles.